The summed E-state index contributed by atoms with van der Waals surface area (Å²) in [5, 5.41) is 4.93. The molecule has 0 aliphatic heterocycles. The molecule has 2 aromatic heterocycles. The van der Waals surface area contributed by atoms with Gasteiger partial charge in [0.2, 0.25) is 0 Å². The number of hydrogen-bond donors (Lipinski definition) is 2. The largest absolute Gasteiger partial charge is 0.493 e. The smallest absolute Gasteiger partial charge is 0.260 e. The molecule has 0 saturated carbocycles. The van der Waals surface area contributed by atoms with Crippen LogP contribution >= 0.6 is 23.1 Å². The molecule has 2 heterocycles. The average Bonchev–Trinajstić information content (AvgIpc) is 3.19. The van der Waals surface area contributed by atoms with Crippen LogP contribution in [0.1, 0.15) is 10.4 Å². The van der Waals surface area contributed by atoms with Gasteiger partial charge in [0.15, 0.2) is 16.7 Å². The molecule has 174 valence electrons. The van der Waals surface area contributed by atoms with Gasteiger partial charge in [-0.2, -0.15) is 5.10 Å². The summed E-state index contributed by atoms with van der Waals surface area (Å²) in [5.74, 6) is 0.901. The average molecular weight is 495 g/mol. The van der Waals surface area contributed by atoms with Gasteiger partial charge in [-0.05, 0) is 36.2 Å². The predicted octanol–water partition coefficient (Wildman–Crippen LogP) is 4.22. The Labute approximate surface area is 204 Å². The van der Waals surface area contributed by atoms with Crippen molar-refractivity contribution in [2.75, 3.05) is 20.0 Å². The van der Waals surface area contributed by atoms with E-state index in [1.807, 2.05) is 37.3 Å². The third kappa shape index (κ3) is 5.13. The lowest BCUT2D eigenvalue weighted by Gasteiger charge is -2.07. The SMILES string of the molecule is COc1ccc(/C=N/NC(=O)CSc2nc3sc(C)c(-c4ccccc4)c3c(=O)[nH]2)cc1OC. The molecule has 34 heavy (non-hydrogen) atoms. The molecular formula is C24H22N4O4S2. The first kappa shape index (κ1) is 23.5. The zero-order valence-electron chi connectivity index (χ0n) is 18.7. The molecule has 0 radical (unpaired) electrons. The molecule has 0 aliphatic carbocycles. The maximum Gasteiger partial charge on any atom is 0.260 e. The third-order valence-electron chi connectivity index (χ3n) is 4.93. The molecule has 0 saturated heterocycles. The van der Waals surface area contributed by atoms with Gasteiger partial charge in [-0.3, -0.25) is 9.59 Å². The zero-order chi connectivity index (χ0) is 24.1. The Morgan fingerprint density at radius 1 is 1.18 bits per heavy atom. The van der Waals surface area contributed by atoms with Crippen LogP contribution in [-0.4, -0.2) is 42.1 Å². The number of methoxy groups -OCH3 is 2. The number of hydrogen-bond acceptors (Lipinski definition) is 8. The molecule has 2 aromatic carbocycles. The summed E-state index contributed by atoms with van der Waals surface area (Å²) in [6, 6.07) is 15.1. The van der Waals surface area contributed by atoms with Gasteiger partial charge in [0, 0.05) is 10.4 Å². The standard InChI is InChI=1S/C24H22N4O4S2/c1-14-20(16-7-5-4-6-8-16)21-22(30)26-24(27-23(21)34-14)33-13-19(29)28-25-12-15-9-10-17(31-2)18(11-15)32-3/h4-12H,13H2,1-3H3,(H,28,29)(H,26,27,30)/b25-12+. The maximum atomic E-state index is 12.8. The van der Waals surface area contributed by atoms with Crippen LogP contribution in [0.25, 0.3) is 21.3 Å². The van der Waals surface area contributed by atoms with E-state index in [1.165, 1.54) is 17.6 Å². The monoisotopic (exact) mass is 494 g/mol. The highest BCUT2D eigenvalue weighted by molar-refractivity contribution is 7.99. The van der Waals surface area contributed by atoms with Crippen LogP contribution in [0.15, 0.2) is 63.6 Å². The molecule has 1 amide bonds. The van der Waals surface area contributed by atoms with Crippen LogP contribution in [-0.2, 0) is 4.79 Å². The van der Waals surface area contributed by atoms with Crippen molar-refractivity contribution in [1.82, 2.24) is 15.4 Å². The minimum Gasteiger partial charge on any atom is -0.493 e. The summed E-state index contributed by atoms with van der Waals surface area (Å²) >= 11 is 2.61. The molecular weight excluding hydrogens is 472 g/mol. The molecule has 0 bridgehead atoms. The van der Waals surface area contributed by atoms with Gasteiger partial charge in [-0.25, -0.2) is 10.4 Å². The van der Waals surface area contributed by atoms with Gasteiger partial charge in [-0.1, -0.05) is 42.1 Å². The number of fused-ring (bicyclic) bond motifs is 1. The van der Waals surface area contributed by atoms with E-state index >= 15 is 0 Å². The van der Waals surface area contributed by atoms with Crippen LogP contribution in [0.5, 0.6) is 11.5 Å². The summed E-state index contributed by atoms with van der Waals surface area (Å²) in [7, 11) is 3.11. The first-order chi connectivity index (χ1) is 16.5. The van der Waals surface area contributed by atoms with E-state index in [-0.39, 0.29) is 17.2 Å². The van der Waals surface area contributed by atoms with Crippen molar-refractivity contribution in [2.45, 2.75) is 12.1 Å². The number of rotatable bonds is 8. The summed E-state index contributed by atoms with van der Waals surface area (Å²) in [6.07, 6.45) is 1.51. The summed E-state index contributed by atoms with van der Waals surface area (Å²) in [6.45, 7) is 1.98. The second-order valence-electron chi connectivity index (χ2n) is 7.15. The van der Waals surface area contributed by atoms with Crippen molar-refractivity contribution in [3.8, 4) is 22.6 Å². The van der Waals surface area contributed by atoms with Gasteiger partial charge in [0.25, 0.3) is 11.5 Å². The number of amides is 1. The topological polar surface area (TPSA) is 106 Å². The quantitative estimate of drug-likeness (QED) is 0.164. The number of aromatic amines is 1. The number of carbonyl (C=O) groups excluding carboxylic acids is 1. The Kier molecular flexibility index (Phi) is 7.29. The molecule has 2 N–H and O–H groups in total. The lowest BCUT2D eigenvalue weighted by Crippen LogP contribution is -2.20. The van der Waals surface area contributed by atoms with Crippen LogP contribution in [0.4, 0.5) is 0 Å². The second-order valence-corrected chi connectivity index (χ2v) is 9.31. The van der Waals surface area contributed by atoms with E-state index in [4.69, 9.17) is 9.47 Å². The second kappa shape index (κ2) is 10.5. The van der Waals surface area contributed by atoms with E-state index in [1.54, 1.807) is 32.4 Å². The zero-order valence-corrected chi connectivity index (χ0v) is 20.4. The van der Waals surface area contributed by atoms with Crippen LogP contribution in [0.2, 0.25) is 0 Å². The van der Waals surface area contributed by atoms with E-state index < -0.39 is 0 Å². The molecule has 0 spiro atoms. The number of H-pyrrole nitrogens is 1. The first-order valence-corrected chi connectivity index (χ1v) is 12.1. The fraction of sp³-hybridized carbons (Fsp3) is 0.167. The highest BCUT2D eigenvalue weighted by Crippen LogP contribution is 2.35. The third-order valence-corrected chi connectivity index (χ3v) is 6.80. The fourth-order valence-electron chi connectivity index (χ4n) is 3.40. The summed E-state index contributed by atoms with van der Waals surface area (Å²) in [5.41, 5.74) is 4.87. The van der Waals surface area contributed by atoms with Gasteiger partial charge < -0.3 is 14.5 Å². The maximum absolute atomic E-state index is 12.8. The molecule has 4 aromatic rings. The Balaban J connectivity index is 1.42. The van der Waals surface area contributed by atoms with E-state index in [0.717, 1.165) is 33.3 Å². The molecule has 4 rings (SSSR count). The number of nitrogens with one attached hydrogen (secondary N) is 2. The molecule has 10 heteroatoms. The Bertz CT molecular complexity index is 1410. The summed E-state index contributed by atoms with van der Waals surface area (Å²) < 4.78 is 10.5. The lowest BCUT2D eigenvalue weighted by molar-refractivity contribution is -0.118. The van der Waals surface area contributed by atoms with Gasteiger partial charge >= 0.3 is 0 Å². The Morgan fingerprint density at radius 3 is 2.68 bits per heavy atom. The molecule has 0 atom stereocenters. The van der Waals surface area contributed by atoms with Crippen molar-refractivity contribution >= 4 is 45.4 Å². The van der Waals surface area contributed by atoms with Crippen LogP contribution in [0.3, 0.4) is 0 Å². The van der Waals surface area contributed by atoms with Crippen LogP contribution in [0, 0.1) is 6.92 Å². The number of ether oxygens (including phenoxy) is 2. The molecule has 0 fully saturated rings. The number of aromatic nitrogens is 2. The number of hydrazone groups is 1. The van der Waals surface area contributed by atoms with Crippen molar-refractivity contribution in [1.29, 1.82) is 0 Å². The van der Waals surface area contributed by atoms with E-state index in [2.05, 4.69) is 20.5 Å². The lowest BCUT2D eigenvalue weighted by atomic mass is 10.0. The number of benzene rings is 2. The Morgan fingerprint density at radius 2 is 1.94 bits per heavy atom. The number of aryl methyl sites for hydroxylation is 1. The number of thioether (sulfide) groups is 1. The fourth-order valence-corrected chi connectivity index (χ4v) is 5.15. The molecule has 0 aliphatic rings. The van der Waals surface area contributed by atoms with Crippen molar-refractivity contribution in [3.05, 3.63) is 69.3 Å². The van der Waals surface area contributed by atoms with E-state index in [9.17, 15) is 9.59 Å². The minimum atomic E-state index is -0.322. The number of nitrogens with zero attached hydrogens (tertiary/aromatic N) is 2. The Hall–Kier alpha value is -3.63. The summed E-state index contributed by atoms with van der Waals surface area (Å²) in [4.78, 5) is 34.1. The van der Waals surface area contributed by atoms with Gasteiger partial charge in [-0.15, -0.1) is 11.3 Å². The highest BCUT2D eigenvalue weighted by atomic mass is 32.2. The normalized spacial score (nSPS) is 11.1. The van der Waals surface area contributed by atoms with Crippen LogP contribution < -0.4 is 20.5 Å². The van der Waals surface area contributed by atoms with Crippen molar-refractivity contribution in [3.63, 3.8) is 0 Å². The molecule has 8 nitrogen and oxygen atoms in total. The predicted molar refractivity (Wildman–Crippen MR) is 136 cm³/mol. The number of carbonyl (C=O) groups is 1. The molecule has 0 unspecified atom stereocenters. The minimum absolute atomic E-state index is 0.0492. The van der Waals surface area contributed by atoms with Gasteiger partial charge in [0.1, 0.15) is 4.83 Å². The highest BCUT2D eigenvalue weighted by Gasteiger charge is 2.17. The van der Waals surface area contributed by atoms with E-state index in [0.29, 0.717) is 26.9 Å². The van der Waals surface area contributed by atoms with Crippen molar-refractivity contribution in [2.24, 2.45) is 5.10 Å². The number of thiophene rings is 1. The van der Waals surface area contributed by atoms with Gasteiger partial charge in [0.05, 0.1) is 31.6 Å². The first-order valence-electron chi connectivity index (χ1n) is 10.3. The van der Waals surface area contributed by atoms with Crippen molar-refractivity contribution < 1.29 is 14.3 Å².